The second-order valence-corrected chi connectivity index (χ2v) is 7.43. The molecule has 2 amide bonds. The number of hydrogen-bond acceptors (Lipinski definition) is 4. The van der Waals surface area contributed by atoms with Gasteiger partial charge in [0.25, 0.3) is 5.91 Å². The molecule has 0 radical (unpaired) electrons. The second kappa shape index (κ2) is 8.46. The standard InChI is InChI=1S/C21H26N4O4/c1-13-17(14(2)24(3)23-13)12-19(26)22-16-8-6-7-15(11-16)20(27)25-10-5-4-9-18(25)21(28)29/h6-8,11,18H,4-5,9-10,12H2,1-3H3,(H,22,26)(H,28,29). The number of hydrogen-bond donors (Lipinski definition) is 2. The Morgan fingerprint density at radius 3 is 2.66 bits per heavy atom. The van der Waals surface area contributed by atoms with Crippen molar-refractivity contribution in [2.75, 3.05) is 11.9 Å². The molecule has 0 bridgehead atoms. The Bertz CT molecular complexity index is 950. The quantitative estimate of drug-likeness (QED) is 0.804. The number of carbonyl (C=O) groups excluding carboxylic acids is 2. The van der Waals surface area contributed by atoms with E-state index in [0.29, 0.717) is 24.2 Å². The summed E-state index contributed by atoms with van der Waals surface area (Å²) >= 11 is 0. The second-order valence-electron chi connectivity index (χ2n) is 7.43. The van der Waals surface area contributed by atoms with Gasteiger partial charge in [-0.15, -0.1) is 0 Å². The minimum atomic E-state index is -0.982. The van der Waals surface area contributed by atoms with Crippen molar-refractivity contribution in [2.45, 2.75) is 45.6 Å². The largest absolute Gasteiger partial charge is 0.480 e. The summed E-state index contributed by atoms with van der Waals surface area (Å²) < 4.78 is 1.74. The molecule has 0 spiro atoms. The smallest absolute Gasteiger partial charge is 0.326 e. The van der Waals surface area contributed by atoms with Gasteiger partial charge in [0.05, 0.1) is 12.1 Å². The lowest BCUT2D eigenvalue weighted by molar-refractivity contribution is -0.143. The predicted molar refractivity (Wildman–Crippen MR) is 108 cm³/mol. The molecule has 1 atom stereocenters. The fourth-order valence-electron chi connectivity index (χ4n) is 3.77. The zero-order valence-electron chi connectivity index (χ0n) is 16.9. The van der Waals surface area contributed by atoms with Gasteiger partial charge in [0, 0.05) is 36.1 Å². The lowest BCUT2D eigenvalue weighted by Crippen LogP contribution is -2.48. The zero-order valence-corrected chi connectivity index (χ0v) is 16.9. The maximum atomic E-state index is 12.9. The maximum Gasteiger partial charge on any atom is 0.326 e. The van der Waals surface area contributed by atoms with Crippen molar-refractivity contribution in [2.24, 2.45) is 7.05 Å². The fourth-order valence-corrected chi connectivity index (χ4v) is 3.77. The molecule has 8 nitrogen and oxygen atoms in total. The molecule has 0 saturated carbocycles. The normalized spacial score (nSPS) is 16.5. The van der Waals surface area contributed by atoms with E-state index in [1.165, 1.54) is 4.90 Å². The van der Waals surface area contributed by atoms with Crippen molar-refractivity contribution in [1.29, 1.82) is 0 Å². The van der Waals surface area contributed by atoms with Crippen molar-refractivity contribution < 1.29 is 19.5 Å². The molecular formula is C21H26N4O4. The average molecular weight is 398 g/mol. The number of anilines is 1. The van der Waals surface area contributed by atoms with Gasteiger partial charge in [-0.05, 0) is 51.3 Å². The topological polar surface area (TPSA) is 105 Å². The van der Waals surface area contributed by atoms with Crippen LogP contribution in [0.15, 0.2) is 24.3 Å². The van der Waals surface area contributed by atoms with Crippen molar-refractivity contribution in [3.63, 3.8) is 0 Å². The van der Waals surface area contributed by atoms with E-state index in [1.54, 1.807) is 28.9 Å². The molecule has 1 aliphatic heterocycles. The number of carbonyl (C=O) groups is 3. The highest BCUT2D eigenvalue weighted by molar-refractivity contribution is 5.99. The number of nitrogens with one attached hydrogen (secondary N) is 1. The van der Waals surface area contributed by atoms with Crippen molar-refractivity contribution in [3.8, 4) is 0 Å². The molecule has 1 aromatic heterocycles. The predicted octanol–water partition coefficient (Wildman–Crippen LogP) is 2.30. The zero-order chi connectivity index (χ0) is 21.1. The van der Waals surface area contributed by atoms with Gasteiger partial charge >= 0.3 is 5.97 Å². The summed E-state index contributed by atoms with van der Waals surface area (Å²) in [6.07, 6.45) is 2.23. The monoisotopic (exact) mass is 398 g/mol. The van der Waals surface area contributed by atoms with Gasteiger partial charge in [-0.2, -0.15) is 5.10 Å². The highest BCUT2D eigenvalue weighted by Gasteiger charge is 2.32. The van der Waals surface area contributed by atoms with E-state index in [-0.39, 0.29) is 18.2 Å². The van der Waals surface area contributed by atoms with Crippen LogP contribution in [0, 0.1) is 13.8 Å². The number of aryl methyl sites for hydroxylation is 2. The number of carboxylic acids is 1. The number of aromatic nitrogens is 2. The maximum absolute atomic E-state index is 12.9. The van der Waals surface area contributed by atoms with Gasteiger partial charge in [-0.3, -0.25) is 14.3 Å². The Hall–Kier alpha value is -3.16. The molecule has 1 unspecified atom stereocenters. The van der Waals surface area contributed by atoms with Crippen LogP contribution in [0.1, 0.15) is 46.6 Å². The van der Waals surface area contributed by atoms with E-state index >= 15 is 0 Å². The third-order valence-electron chi connectivity index (χ3n) is 5.44. The molecule has 154 valence electrons. The van der Waals surface area contributed by atoms with E-state index in [1.807, 2.05) is 20.9 Å². The minimum Gasteiger partial charge on any atom is -0.480 e. The lowest BCUT2D eigenvalue weighted by Gasteiger charge is -2.33. The van der Waals surface area contributed by atoms with Gasteiger partial charge in [0.1, 0.15) is 6.04 Å². The third kappa shape index (κ3) is 4.47. The summed E-state index contributed by atoms with van der Waals surface area (Å²) in [6, 6.07) is 5.83. The van der Waals surface area contributed by atoms with Gasteiger partial charge in [-0.25, -0.2) is 4.79 Å². The number of amides is 2. The summed E-state index contributed by atoms with van der Waals surface area (Å²) in [7, 11) is 1.84. The number of nitrogens with zero attached hydrogens (tertiary/aromatic N) is 3. The van der Waals surface area contributed by atoms with Crippen LogP contribution in [0.25, 0.3) is 0 Å². The SMILES string of the molecule is Cc1nn(C)c(C)c1CC(=O)Nc1cccc(C(=O)N2CCCCC2C(=O)O)c1. The van der Waals surface area contributed by atoms with Gasteiger partial charge in [0.15, 0.2) is 0 Å². The summed E-state index contributed by atoms with van der Waals surface area (Å²) in [5, 5.41) is 16.5. The first-order chi connectivity index (χ1) is 13.8. The van der Waals surface area contributed by atoms with Crippen molar-refractivity contribution in [1.82, 2.24) is 14.7 Å². The molecule has 8 heteroatoms. The molecule has 1 aromatic carbocycles. The first kappa shape index (κ1) is 20.6. The average Bonchev–Trinajstić information content (AvgIpc) is 2.93. The molecule has 1 aliphatic rings. The van der Waals surface area contributed by atoms with Crippen molar-refractivity contribution in [3.05, 3.63) is 46.8 Å². The molecule has 29 heavy (non-hydrogen) atoms. The van der Waals surface area contributed by atoms with Crippen LogP contribution in [0.3, 0.4) is 0 Å². The summed E-state index contributed by atoms with van der Waals surface area (Å²) in [5.41, 5.74) is 3.50. The van der Waals surface area contributed by atoms with E-state index < -0.39 is 12.0 Å². The molecular weight excluding hydrogens is 372 g/mol. The Labute approximate surface area is 169 Å². The van der Waals surface area contributed by atoms with Gasteiger partial charge in [0.2, 0.25) is 5.91 Å². The minimum absolute atomic E-state index is 0.191. The Morgan fingerprint density at radius 1 is 1.24 bits per heavy atom. The Morgan fingerprint density at radius 2 is 2.00 bits per heavy atom. The van der Waals surface area contributed by atoms with Crippen LogP contribution in [-0.2, 0) is 23.1 Å². The Kier molecular flexibility index (Phi) is 6.00. The molecule has 0 aliphatic carbocycles. The van der Waals surface area contributed by atoms with Crippen LogP contribution in [0.5, 0.6) is 0 Å². The first-order valence-corrected chi connectivity index (χ1v) is 9.70. The van der Waals surface area contributed by atoms with Crippen LogP contribution < -0.4 is 5.32 Å². The highest BCUT2D eigenvalue weighted by atomic mass is 16.4. The van der Waals surface area contributed by atoms with Crippen LogP contribution >= 0.6 is 0 Å². The Balaban J connectivity index is 1.72. The van der Waals surface area contributed by atoms with Crippen LogP contribution in [0.4, 0.5) is 5.69 Å². The van der Waals surface area contributed by atoms with E-state index in [0.717, 1.165) is 29.8 Å². The number of likely N-dealkylation sites (tertiary alicyclic amines) is 1. The third-order valence-corrected chi connectivity index (χ3v) is 5.44. The molecule has 2 N–H and O–H groups in total. The van der Waals surface area contributed by atoms with Crippen molar-refractivity contribution >= 4 is 23.5 Å². The molecule has 1 fully saturated rings. The van der Waals surface area contributed by atoms with E-state index in [4.69, 9.17) is 0 Å². The molecule has 3 rings (SSSR count). The first-order valence-electron chi connectivity index (χ1n) is 9.70. The number of piperidine rings is 1. The van der Waals surface area contributed by atoms with Gasteiger partial charge in [-0.1, -0.05) is 6.07 Å². The number of benzene rings is 1. The highest BCUT2D eigenvalue weighted by Crippen LogP contribution is 2.22. The van der Waals surface area contributed by atoms with E-state index in [2.05, 4.69) is 10.4 Å². The van der Waals surface area contributed by atoms with Gasteiger partial charge < -0.3 is 15.3 Å². The number of carboxylic acid groups (broad SMARTS) is 1. The fraction of sp³-hybridized carbons (Fsp3) is 0.429. The summed E-state index contributed by atoms with van der Waals surface area (Å²) in [5.74, 6) is -1.51. The number of aliphatic carboxylic acids is 1. The molecule has 2 aromatic rings. The molecule has 1 saturated heterocycles. The summed E-state index contributed by atoms with van der Waals surface area (Å²) in [4.78, 5) is 38.3. The molecule has 2 heterocycles. The van der Waals surface area contributed by atoms with Crippen LogP contribution in [-0.4, -0.2) is 50.2 Å². The van der Waals surface area contributed by atoms with E-state index in [9.17, 15) is 19.5 Å². The number of rotatable bonds is 5. The summed E-state index contributed by atoms with van der Waals surface area (Å²) in [6.45, 7) is 4.21. The lowest BCUT2D eigenvalue weighted by atomic mass is 10.0. The van der Waals surface area contributed by atoms with Crippen LogP contribution in [0.2, 0.25) is 0 Å².